The first-order valence-corrected chi connectivity index (χ1v) is 13.1. The van der Waals surface area contributed by atoms with Crippen molar-refractivity contribution in [1.82, 2.24) is 5.32 Å². The lowest BCUT2D eigenvalue weighted by Gasteiger charge is -2.16. The molecule has 0 bridgehead atoms. The van der Waals surface area contributed by atoms with E-state index in [0.717, 1.165) is 18.4 Å². The highest BCUT2D eigenvalue weighted by Crippen LogP contribution is 2.14. The molecule has 1 amide bonds. The number of rotatable bonds is 20. The van der Waals surface area contributed by atoms with Gasteiger partial charge in [0.1, 0.15) is 6.04 Å². The topological polar surface area (TPSA) is 55.4 Å². The van der Waals surface area contributed by atoms with Gasteiger partial charge in [0.15, 0.2) is 0 Å². The molecule has 0 unspecified atom stereocenters. The van der Waals surface area contributed by atoms with Gasteiger partial charge in [-0.1, -0.05) is 127 Å². The second-order valence-corrected chi connectivity index (χ2v) is 9.03. The van der Waals surface area contributed by atoms with Gasteiger partial charge in [-0.15, -0.1) is 0 Å². The maximum atomic E-state index is 12.3. The summed E-state index contributed by atoms with van der Waals surface area (Å²) >= 11 is 0. The number of methoxy groups -OCH3 is 1. The molecular formula is C28H47NO3. The van der Waals surface area contributed by atoms with E-state index >= 15 is 0 Å². The number of ether oxygens (including phenoxy) is 1. The number of amides is 1. The zero-order chi connectivity index (χ0) is 23.3. The van der Waals surface area contributed by atoms with E-state index in [1.165, 1.54) is 90.6 Å². The SMILES string of the molecule is CCCCCCCCCCCCCCCCCC(=O)N[C@@H](Cc1ccccc1)C(=O)OC. The Kier molecular flexibility index (Phi) is 17.5. The van der Waals surface area contributed by atoms with E-state index in [-0.39, 0.29) is 5.91 Å². The van der Waals surface area contributed by atoms with Gasteiger partial charge in [-0.25, -0.2) is 4.79 Å². The molecular weight excluding hydrogens is 398 g/mol. The Bertz CT molecular complexity index is 588. The number of carbonyl (C=O) groups excluding carboxylic acids is 2. The number of hydrogen-bond acceptors (Lipinski definition) is 3. The van der Waals surface area contributed by atoms with Gasteiger partial charge in [0.05, 0.1) is 7.11 Å². The first-order valence-electron chi connectivity index (χ1n) is 13.1. The van der Waals surface area contributed by atoms with Crippen LogP contribution in [0.1, 0.15) is 115 Å². The lowest BCUT2D eigenvalue weighted by molar-refractivity contribution is -0.145. The minimum Gasteiger partial charge on any atom is -0.467 e. The van der Waals surface area contributed by atoms with E-state index in [1.807, 2.05) is 30.3 Å². The Morgan fingerprint density at radius 3 is 1.69 bits per heavy atom. The molecule has 0 aliphatic carbocycles. The standard InChI is InChI=1S/C28H47NO3/c1-3-4-5-6-7-8-9-10-11-12-13-14-15-16-20-23-27(30)29-26(28(31)32-2)24-25-21-18-17-19-22-25/h17-19,21-22,26H,3-16,20,23-24H2,1-2H3,(H,29,30)/t26-/m0/s1. The number of carbonyl (C=O) groups is 2. The van der Waals surface area contributed by atoms with Crippen molar-refractivity contribution in [2.24, 2.45) is 0 Å². The smallest absolute Gasteiger partial charge is 0.328 e. The van der Waals surface area contributed by atoms with Crippen LogP contribution >= 0.6 is 0 Å². The maximum absolute atomic E-state index is 12.3. The van der Waals surface area contributed by atoms with E-state index in [4.69, 9.17) is 4.74 Å². The van der Waals surface area contributed by atoms with Crippen LogP contribution < -0.4 is 5.32 Å². The number of hydrogen-bond donors (Lipinski definition) is 1. The molecule has 32 heavy (non-hydrogen) atoms. The fourth-order valence-electron chi connectivity index (χ4n) is 4.11. The number of nitrogens with one attached hydrogen (secondary N) is 1. The van der Waals surface area contributed by atoms with Crippen LogP contribution in [0, 0.1) is 0 Å². The summed E-state index contributed by atoms with van der Waals surface area (Å²) in [6.07, 6.45) is 20.5. The number of esters is 1. The second kappa shape index (κ2) is 19.8. The molecule has 1 aromatic carbocycles. The van der Waals surface area contributed by atoms with Crippen molar-refractivity contribution in [3.8, 4) is 0 Å². The summed E-state index contributed by atoms with van der Waals surface area (Å²) in [6, 6.07) is 9.09. The van der Waals surface area contributed by atoms with Crippen LogP contribution in [0.2, 0.25) is 0 Å². The fraction of sp³-hybridized carbons (Fsp3) is 0.714. The molecule has 4 nitrogen and oxygen atoms in total. The third kappa shape index (κ3) is 15.0. The third-order valence-corrected chi connectivity index (χ3v) is 6.11. The largest absolute Gasteiger partial charge is 0.467 e. The molecule has 1 N–H and O–H groups in total. The van der Waals surface area contributed by atoms with Crippen LogP contribution in [0.4, 0.5) is 0 Å². The maximum Gasteiger partial charge on any atom is 0.328 e. The van der Waals surface area contributed by atoms with E-state index in [0.29, 0.717) is 12.8 Å². The van der Waals surface area contributed by atoms with Gasteiger partial charge in [0.2, 0.25) is 5.91 Å². The van der Waals surface area contributed by atoms with Crippen LogP contribution in [0.5, 0.6) is 0 Å². The van der Waals surface area contributed by atoms with Crippen molar-refractivity contribution in [3.63, 3.8) is 0 Å². The monoisotopic (exact) mass is 445 g/mol. The van der Waals surface area contributed by atoms with Gasteiger partial charge < -0.3 is 10.1 Å². The van der Waals surface area contributed by atoms with Crippen LogP contribution in [-0.4, -0.2) is 25.0 Å². The first kappa shape index (κ1) is 28.2. The molecule has 0 radical (unpaired) electrons. The molecule has 1 aromatic rings. The van der Waals surface area contributed by atoms with E-state index in [9.17, 15) is 9.59 Å². The van der Waals surface area contributed by atoms with Gasteiger partial charge in [0.25, 0.3) is 0 Å². The Morgan fingerprint density at radius 1 is 0.750 bits per heavy atom. The van der Waals surface area contributed by atoms with E-state index in [2.05, 4.69) is 12.2 Å². The summed E-state index contributed by atoms with van der Waals surface area (Å²) in [5.74, 6) is -0.454. The van der Waals surface area contributed by atoms with Crippen molar-refractivity contribution < 1.29 is 14.3 Å². The molecule has 1 atom stereocenters. The predicted octanol–water partition coefficient (Wildman–Crippen LogP) is 7.15. The Morgan fingerprint density at radius 2 is 1.22 bits per heavy atom. The summed E-state index contributed by atoms with van der Waals surface area (Å²) in [5, 5.41) is 2.85. The average Bonchev–Trinajstić information content (AvgIpc) is 2.81. The van der Waals surface area contributed by atoms with Crippen molar-refractivity contribution in [3.05, 3.63) is 35.9 Å². The molecule has 0 saturated heterocycles. The normalized spacial score (nSPS) is 11.8. The van der Waals surface area contributed by atoms with Gasteiger partial charge >= 0.3 is 5.97 Å². The molecule has 0 heterocycles. The van der Waals surface area contributed by atoms with Crippen molar-refractivity contribution in [2.45, 2.75) is 122 Å². The molecule has 0 fully saturated rings. The molecule has 0 saturated carbocycles. The van der Waals surface area contributed by atoms with E-state index in [1.54, 1.807) is 0 Å². The molecule has 0 aliphatic rings. The lowest BCUT2D eigenvalue weighted by Crippen LogP contribution is -2.43. The molecule has 1 rings (SSSR count). The zero-order valence-corrected chi connectivity index (χ0v) is 20.7. The highest BCUT2D eigenvalue weighted by molar-refractivity contribution is 5.84. The quantitative estimate of drug-likeness (QED) is 0.171. The van der Waals surface area contributed by atoms with Gasteiger partial charge in [0, 0.05) is 12.8 Å². The predicted molar refractivity (Wildman–Crippen MR) is 134 cm³/mol. The Balaban J connectivity index is 2.00. The highest BCUT2D eigenvalue weighted by Gasteiger charge is 2.21. The number of benzene rings is 1. The van der Waals surface area contributed by atoms with E-state index < -0.39 is 12.0 Å². The van der Waals surface area contributed by atoms with Crippen molar-refractivity contribution >= 4 is 11.9 Å². The second-order valence-electron chi connectivity index (χ2n) is 9.03. The summed E-state index contributed by atoms with van der Waals surface area (Å²) in [4.78, 5) is 24.3. The molecule has 0 aliphatic heterocycles. The first-order chi connectivity index (χ1) is 15.7. The summed E-state index contributed by atoms with van der Waals surface area (Å²) < 4.78 is 4.86. The van der Waals surface area contributed by atoms with Crippen molar-refractivity contribution in [2.75, 3.05) is 7.11 Å². The van der Waals surface area contributed by atoms with Crippen LogP contribution in [0.3, 0.4) is 0 Å². The molecule has 182 valence electrons. The number of unbranched alkanes of at least 4 members (excludes halogenated alkanes) is 14. The zero-order valence-electron chi connectivity index (χ0n) is 20.7. The fourth-order valence-corrected chi connectivity index (χ4v) is 4.11. The lowest BCUT2D eigenvalue weighted by atomic mass is 10.0. The van der Waals surface area contributed by atoms with Gasteiger partial charge in [-0.05, 0) is 12.0 Å². The average molecular weight is 446 g/mol. The van der Waals surface area contributed by atoms with Crippen LogP contribution in [0.25, 0.3) is 0 Å². The summed E-state index contributed by atoms with van der Waals surface area (Å²) in [7, 11) is 1.36. The van der Waals surface area contributed by atoms with Gasteiger partial charge in [-0.2, -0.15) is 0 Å². The minimum absolute atomic E-state index is 0.0639. The van der Waals surface area contributed by atoms with Crippen LogP contribution in [-0.2, 0) is 20.7 Å². The Hall–Kier alpha value is -1.84. The third-order valence-electron chi connectivity index (χ3n) is 6.11. The Labute approximate surface area is 196 Å². The summed E-state index contributed by atoms with van der Waals surface area (Å²) in [6.45, 7) is 2.27. The molecule has 0 spiro atoms. The van der Waals surface area contributed by atoms with Crippen molar-refractivity contribution in [1.29, 1.82) is 0 Å². The molecule has 4 heteroatoms. The van der Waals surface area contributed by atoms with Crippen LogP contribution in [0.15, 0.2) is 30.3 Å². The minimum atomic E-state index is -0.619. The highest BCUT2D eigenvalue weighted by atomic mass is 16.5. The summed E-state index contributed by atoms with van der Waals surface area (Å²) in [5.41, 5.74) is 1.01. The van der Waals surface area contributed by atoms with Gasteiger partial charge in [-0.3, -0.25) is 4.79 Å². The molecule has 0 aromatic heterocycles.